The number of rotatable bonds is 6. The molecule has 1 aromatic heterocycles. The van der Waals surface area contributed by atoms with Gasteiger partial charge in [-0.3, -0.25) is 19.7 Å². The predicted molar refractivity (Wildman–Crippen MR) is 110 cm³/mol. The topological polar surface area (TPSA) is 92.6 Å². The molecule has 0 aliphatic carbocycles. The summed E-state index contributed by atoms with van der Waals surface area (Å²) in [5, 5.41) is 15.6. The maximum absolute atomic E-state index is 12.9. The standard InChI is InChI=1S/C21H17N3O4S/c25-20(22-15-6-3-7-16(11-15)24(27)28)12-18(19-9-4-10-29-19)23-13-14-5-1-2-8-17(14)21(23)26/h1-11,18H,12-13H2,(H,22,25)/t18-/m1/s1. The highest BCUT2D eigenvalue weighted by atomic mass is 32.1. The molecule has 0 unspecified atom stereocenters. The van der Waals surface area contributed by atoms with Crippen LogP contribution in [0.4, 0.5) is 11.4 Å². The first-order valence-corrected chi connectivity index (χ1v) is 9.87. The number of non-ortho nitro benzene ring substituents is 1. The highest BCUT2D eigenvalue weighted by Crippen LogP contribution is 2.35. The Balaban J connectivity index is 1.55. The molecule has 0 bridgehead atoms. The third kappa shape index (κ3) is 3.88. The van der Waals surface area contributed by atoms with E-state index in [1.807, 2.05) is 35.7 Å². The van der Waals surface area contributed by atoms with E-state index in [0.717, 1.165) is 10.4 Å². The van der Waals surface area contributed by atoms with Crippen molar-refractivity contribution >= 4 is 34.5 Å². The Labute approximate surface area is 170 Å². The fourth-order valence-electron chi connectivity index (χ4n) is 3.46. The van der Waals surface area contributed by atoms with Gasteiger partial charge in [0.05, 0.1) is 17.4 Å². The number of thiophene rings is 1. The quantitative estimate of drug-likeness (QED) is 0.485. The summed E-state index contributed by atoms with van der Waals surface area (Å²) in [5.41, 5.74) is 1.86. The van der Waals surface area contributed by atoms with Gasteiger partial charge in [-0.1, -0.05) is 30.3 Å². The van der Waals surface area contributed by atoms with Crippen molar-refractivity contribution in [2.75, 3.05) is 5.32 Å². The van der Waals surface area contributed by atoms with Gasteiger partial charge in [-0.25, -0.2) is 0 Å². The Hall–Kier alpha value is -3.52. The van der Waals surface area contributed by atoms with E-state index in [2.05, 4.69) is 5.32 Å². The molecular formula is C21H17N3O4S. The highest BCUT2D eigenvalue weighted by molar-refractivity contribution is 7.10. The molecular weight excluding hydrogens is 390 g/mol. The van der Waals surface area contributed by atoms with E-state index in [-0.39, 0.29) is 23.9 Å². The second-order valence-electron chi connectivity index (χ2n) is 6.68. The van der Waals surface area contributed by atoms with Crippen molar-refractivity contribution in [2.24, 2.45) is 0 Å². The van der Waals surface area contributed by atoms with Crippen molar-refractivity contribution in [3.63, 3.8) is 0 Å². The molecule has 7 nitrogen and oxygen atoms in total. The number of amides is 2. The molecule has 1 aliphatic heterocycles. The molecule has 8 heteroatoms. The van der Waals surface area contributed by atoms with Crippen molar-refractivity contribution in [3.8, 4) is 0 Å². The number of benzene rings is 2. The fraction of sp³-hybridized carbons (Fsp3) is 0.143. The van der Waals surface area contributed by atoms with E-state index >= 15 is 0 Å². The van der Waals surface area contributed by atoms with Gasteiger partial charge >= 0.3 is 0 Å². The van der Waals surface area contributed by atoms with Gasteiger partial charge in [-0.15, -0.1) is 11.3 Å². The molecule has 2 heterocycles. The van der Waals surface area contributed by atoms with Gasteiger partial charge in [0.15, 0.2) is 0 Å². The van der Waals surface area contributed by atoms with Gasteiger partial charge in [-0.2, -0.15) is 0 Å². The summed E-state index contributed by atoms with van der Waals surface area (Å²) >= 11 is 1.49. The summed E-state index contributed by atoms with van der Waals surface area (Å²) in [7, 11) is 0. The van der Waals surface area contributed by atoms with E-state index in [0.29, 0.717) is 17.8 Å². The lowest BCUT2D eigenvalue weighted by molar-refractivity contribution is -0.384. The average Bonchev–Trinajstić information content (AvgIpc) is 3.35. The molecule has 3 aromatic rings. The number of anilines is 1. The molecule has 2 amide bonds. The minimum absolute atomic E-state index is 0.0585. The molecule has 2 aromatic carbocycles. The lowest BCUT2D eigenvalue weighted by Crippen LogP contribution is -2.31. The number of nitro benzene ring substituents is 1. The number of carbonyl (C=O) groups is 2. The molecule has 0 saturated heterocycles. The summed E-state index contributed by atoms with van der Waals surface area (Å²) in [6.45, 7) is 0.446. The summed E-state index contributed by atoms with van der Waals surface area (Å²) in [6.07, 6.45) is 0.0585. The first-order chi connectivity index (χ1) is 14.0. The van der Waals surface area contributed by atoms with Gasteiger partial charge in [0.1, 0.15) is 0 Å². The van der Waals surface area contributed by atoms with Crippen LogP contribution in [0, 0.1) is 10.1 Å². The summed E-state index contributed by atoms with van der Waals surface area (Å²) in [6, 6.07) is 16.6. The summed E-state index contributed by atoms with van der Waals surface area (Å²) < 4.78 is 0. The van der Waals surface area contributed by atoms with Crippen LogP contribution in [0.2, 0.25) is 0 Å². The monoisotopic (exact) mass is 407 g/mol. The SMILES string of the molecule is O=C(C[C@H](c1cccs1)N1Cc2ccccc2C1=O)Nc1cccc([N+](=O)[O-])c1. The molecule has 1 atom stereocenters. The molecule has 146 valence electrons. The molecule has 0 spiro atoms. The number of hydrogen-bond donors (Lipinski definition) is 1. The van der Waals surface area contributed by atoms with Crippen molar-refractivity contribution in [1.29, 1.82) is 0 Å². The van der Waals surface area contributed by atoms with E-state index in [1.54, 1.807) is 17.0 Å². The van der Waals surface area contributed by atoms with Crippen LogP contribution in [-0.2, 0) is 11.3 Å². The summed E-state index contributed by atoms with van der Waals surface area (Å²) in [4.78, 5) is 38.7. The van der Waals surface area contributed by atoms with Crippen molar-refractivity contribution in [1.82, 2.24) is 4.90 Å². The van der Waals surface area contributed by atoms with Crippen molar-refractivity contribution < 1.29 is 14.5 Å². The number of fused-ring (bicyclic) bond motifs is 1. The maximum Gasteiger partial charge on any atom is 0.271 e. The Morgan fingerprint density at radius 1 is 1.17 bits per heavy atom. The van der Waals surface area contributed by atoms with Gasteiger partial charge in [-0.05, 0) is 29.1 Å². The van der Waals surface area contributed by atoms with Gasteiger partial charge in [0.25, 0.3) is 11.6 Å². The average molecular weight is 407 g/mol. The zero-order valence-corrected chi connectivity index (χ0v) is 16.1. The maximum atomic E-state index is 12.9. The molecule has 4 rings (SSSR count). The first-order valence-electron chi connectivity index (χ1n) is 8.99. The number of carbonyl (C=O) groups excluding carboxylic acids is 2. The molecule has 1 aliphatic rings. The lowest BCUT2D eigenvalue weighted by atomic mass is 10.1. The van der Waals surface area contributed by atoms with Crippen LogP contribution in [0.5, 0.6) is 0 Å². The van der Waals surface area contributed by atoms with E-state index in [9.17, 15) is 19.7 Å². The van der Waals surface area contributed by atoms with Crippen LogP contribution < -0.4 is 5.32 Å². The minimum Gasteiger partial charge on any atom is -0.326 e. The normalized spacial score (nSPS) is 13.8. The third-order valence-corrected chi connectivity index (χ3v) is 5.79. The largest absolute Gasteiger partial charge is 0.326 e. The van der Waals surface area contributed by atoms with Crippen LogP contribution in [0.3, 0.4) is 0 Å². The second-order valence-corrected chi connectivity index (χ2v) is 7.66. The number of nitro groups is 1. The van der Waals surface area contributed by atoms with Crippen LogP contribution in [0.25, 0.3) is 0 Å². The molecule has 0 saturated carbocycles. The highest BCUT2D eigenvalue weighted by Gasteiger charge is 2.34. The smallest absolute Gasteiger partial charge is 0.271 e. The minimum atomic E-state index is -0.510. The second kappa shape index (κ2) is 7.84. The van der Waals surface area contributed by atoms with E-state index in [4.69, 9.17) is 0 Å². The summed E-state index contributed by atoms with van der Waals surface area (Å²) in [5.74, 6) is -0.408. The van der Waals surface area contributed by atoms with Crippen LogP contribution in [0.15, 0.2) is 66.0 Å². The zero-order valence-electron chi connectivity index (χ0n) is 15.3. The Kier molecular flexibility index (Phi) is 5.09. The van der Waals surface area contributed by atoms with Gasteiger partial charge < -0.3 is 10.2 Å². The number of hydrogen-bond acceptors (Lipinski definition) is 5. The first kappa shape index (κ1) is 18.8. The van der Waals surface area contributed by atoms with Crippen molar-refractivity contribution in [3.05, 3.63) is 92.2 Å². The Morgan fingerprint density at radius 2 is 2.00 bits per heavy atom. The van der Waals surface area contributed by atoms with Gasteiger partial charge in [0, 0.05) is 34.8 Å². The number of nitrogens with zero attached hydrogens (tertiary/aromatic N) is 2. The zero-order chi connectivity index (χ0) is 20.4. The molecule has 0 fully saturated rings. The van der Waals surface area contributed by atoms with E-state index < -0.39 is 11.0 Å². The fourth-order valence-corrected chi connectivity index (χ4v) is 4.30. The van der Waals surface area contributed by atoms with E-state index in [1.165, 1.54) is 29.5 Å². The van der Waals surface area contributed by atoms with Crippen LogP contribution >= 0.6 is 11.3 Å². The molecule has 1 N–H and O–H groups in total. The molecule has 29 heavy (non-hydrogen) atoms. The van der Waals surface area contributed by atoms with Crippen molar-refractivity contribution in [2.45, 2.75) is 19.0 Å². The number of nitrogens with one attached hydrogen (secondary N) is 1. The Bertz CT molecular complexity index is 1080. The van der Waals surface area contributed by atoms with Crippen LogP contribution in [-0.4, -0.2) is 21.6 Å². The predicted octanol–water partition coefficient (Wildman–Crippen LogP) is 4.38. The van der Waals surface area contributed by atoms with Crippen LogP contribution in [0.1, 0.15) is 33.3 Å². The third-order valence-electron chi connectivity index (χ3n) is 4.82. The molecule has 0 radical (unpaired) electrons. The van der Waals surface area contributed by atoms with Gasteiger partial charge in [0.2, 0.25) is 5.91 Å². The Morgan fingerprint density at radius 3 is 2.72 bits per heavy atom. The lowest BCUT2D eigenvalue weighted by Gasteiger charge is -2.26.